The van der Waals surface area contributed by atoms with E-state index in [0.717, 1.165) is 17.1 Å². The average Bonchev–Trinajstić information content (AvgIpc) is 3.35. The fourth-order valence-corrected chi connectivity index (χ4v) is 3.86. The quantitative estimate of drug-likeness (QED) is 0.435. The molecular formula is C21H22N2O6S. The largest absolute Gasteiger partial charge is 0.467 e. The van der Waals surface area contributed by atoms with E-state index >= 15 is 0 Å². The number of ether oxygens (including phenoxy) is 1. The van der Waals surface area contributed by atoms with E-state index in [-0.39, 0.29) is 16.2 Å². The van der Waals surface area contributed by atoms with Gasteiger partial charge in [0.05, 0.1) is 23.3 Å². The third-order valence-corrected chi connectivity index (χ3v) is 6.16. The Bertz CT molecular complexity index is 1180. The predicted octanol–water partition coefficient (Wildman–Crippen LogP) is 2.69. The summed E-state index contributed by atoms with van der Waals surface area (Å²) in [4.78, 5) is 24.9. The van der Waals surface area contributed by atoms with Crippen molar-refractivity contribution in [2.45, 2.75) is 25.3 Å². The first-order valence-corrected chi connectivity index (χ1v) is 10.6. The zero-order chi connectivity index (χ0) is 21.9. The Morgan fingerprint density at radius 1 is 1.13 bits per heavy atom. The summed E-state index contributed by atoms with van der Waals surface area (Å²) in [7, 11) is -2.41. The van der Waals surface area contributed by atoms with Crippen LogP contribution in [0.15, 0.2) is 58.0 Å². The number of rotatable bonds is 8. The molecular weight excluding hydrogens is 408 g/mol. The van der Waals surface area contributed by atoms with Crippen LogP contribution in [0.25, 0.3) is 0 Å². The summed E-state index contributed by atoms with van der Waals surface area (Å²) in [5.74, 6) is -0.360. The standard InChI is InChI=1S/C21H22N2O6S/c1-14-10-19(15(2)23(14)12-17-7-5-9-28-17)20(24)13-29-21(25)16-6-4-8-18(11-16)30(26,27)22-3/h4-11,22H,12-13H2,1-3H3. The first-order valence-electron chi connectivity index (χ1n) is 9.16. The highest BCUT2D eigenvalue weighted by Crippen LogP contribution is 2.19. The molecule has 0 amide bonds. The molecule has 30 heavy (non-hydrogen) atoms. The van der Waals surface area contributed by atoms with Gasteiger partial charge < -0.3 is 13.7 Å². The highest BCUT2D eigenvalue weighted by Gasteiger charge is 2.19. The lowest BCUT2D eigenvalue weighted by atomic mass is 10.1. The number of Topliss-reactive ketones (excluding diaryl/α,β-unsaturated/α-hetero) is 1. The molecule has 0 radical (unpaired) electrons. The Labute approximate surface area is 174 Å². The van der Waals surface area contributed by atoms with Gasteiger partial charge in [0.15, 0.2) is 6.61 Å². The number of hydrogen-bond donors (Lipinski definition) is 1. The van der Waals surface area contributed by atoms with Gasteiger partial charge in [0.2, 0.25) is 15.8 Å². The van der Waals surface area contributed by atoms with Crippen molar-refractivity contribution in [2.75, 3.05) is 13.7 Å². The zero-order valence-corrected chi connectivity index (χ0v) is 17.7. The van der Waals surface area contributed by atoms with Crippen molar-refractivity contribution in [1.82, 2.24) is 9.29 Å². The van der Waals surface area contributed by atoms with Crippen molar-refractivity contribution in [3.8, 4) is 0 Å². The molecule has 0 fully saturated rings. The molecule has 0 spiro atoms. The minimum atomic E-state index is -3.69. The van der Waals surface area contributed by atoms with Gasteiger partial charge >= 0.3 is 5.97 Å². The minimum Gasteiger partial charge on any atom is -0.467 e. The molecule has 158 valence electrons. The third kappa shape index (κ3) is 4.52. The fraction of sp³-hybridized carbons (Fsp3) is 0.238. The summed E-state index contributed by atoms with van der Waals surface area (Å²) >= 11 is 0. The van der Waals surface area contributed by atoms with Gasteiger partial charge in [-0.25, -0.2) is 17.9 Å². The van der Waals surface area contributed by atoms with E-state index in [1.54, 1.807) is 18.4 Å². The van der Waals surface area contributed by atoms with Crippen LogP contribution in [0.3, 0.4) is 0 Å². The fourth-order valence-electron chi connectivity index (χ4n) is 3.09. The lowest BCUT2D eigenvalue weighted by Crippen LogP contribution is -2.19. The predicted molar refractivity (Wildman–Crippen MR) is 109 cm³/mol. The third-order valence-electron chi connectivity index (χ3n) is 4.75. The van der Waals surface area contributed by atoms with Crippen molar-refractivity contribution in [2.24, 2.45) is 0 Å². The number of nitrogens with zero attached hydrogens (tertiary/aromatic N) is 1. The summed E-state index contributed by atoms with van der Waals surface area (Å²) in [5, 5.41) is 0. The van der Waals surface area contributed by atoms with Crippen molar-refractivity contribution >= 4 is 21.8 Å². The number of aryl methyl sites for hydroxylation is 1. The number of furan rings is 1. The molecule has 3 rings (SSSR count). The molecule has 0 aliphatic carbocycles. The topological polar surface area (TPSA) is 108 Å². The van der Waals surface area contributed by atoms with Crippen LogP contribution in [0.2, 0.25) is 0 Å². The number of carbonyl (C=O) groups excluding carboxylic acids is 2. The smallest absolute Gasteiger partial charge is 0.338 e. The van der Waals surface area contributed by atoms with E-state index in [0.29, 0.717) is 12.1 Å². The van der Waals surface area contributed by atoms with E-state index in [1.165, 1.54) is 31.3 Å². The number of nitrogens with one attached hydrogen (secondary N) is 1. The lowest BCUT2D eigenvalue weighted by Gasteiger charge is -2.08. The molecule has 0 aliphatic heterocycles. The second kappa shape index (κ2) is 8.68. The Balaban J connectivity index is 1.70. The van der Waals surface area contributed by atoms with Gasteiger partial charge in [0.1, 0.15) is 5.76 Å². The number of aromatic nitrogens is 1. The minimum absolute atomic E-state index is 0.0439. The van der Waals surface area contributed by atoms with Crippen LogP contribution < -0.4 is 4.72 Å². The van der Waals surface area contributed by atoms with Gasteiger partial charge in [0.25, 0.3) is 0 Å². The van der Waals surface area contributed by atoms with E-state index in [4.69, 9.17) is 9.15 Å². The lowest BCUT2D eigenvalue weighted by molar-refractivity contribution is 0.0474. The number of hydrogen-bond acceptors (Lipinski definition) is 6. The average molecular weight is 430 g/mol. The Hall–Kier alpha value is -3.17. The van der Waals surface area contributed by atoms with E-state index in [1.807, 2.05) is 24.5 Å². The molecule has 0 atom stereocenters. The number of sulfonamides is 1. The van der Waals surface area contributed by atoms with Crippen molar-refractivity contribution in [3.63, 3.8) is 0 Å². The molecule has 3 aromatic rings. The second-order valence-corrected chi connectivity index (χ2v) is 8.57. The SMILES string of the molecule is CNS(=O)(=O)c1cccc(C(=O)OCC(=O)c2cc(C)n(Cc3ccco3)c2C)c1. The summed E-state index contributed by atoms with van der Waals surface area (Å²) < 4.78 is 38.4. The number of esters is 1. The summed E-state index contributed by atoms with van der Waals surface area (Å²) in [6, 6.07) is 10.8. The molecule has 0 saturated carbocycles. The molecule has 0 unspecified atom stereocenters. The van der Waals surface area contributed by atoms with Gasteiger partial charge in [-0.1, -0.05) is 6.07 Å². The Kier molecular flexibility index (Phi) is 6.23. The zero-order valence-electron chi connectivity index (χ0n) is 16.8. The summed E-state index contributed by atoms with van der Waals surface area (Å²) in [6.45, 7) is 3.74. The van der Waals surface area contributed by atoms with Gasteiger partial charge in [-0.05, 0) is 57.3 Å². The highest BCUT2D eigenvalue weighted by atomic mass is 32.2. The molecule has 0 aliphatic rings. The monoisotopic (exact) mass is 430 g/mol. The summed E-state index contributed by atoms with van der Waals surface area (Å²) in [5.41, 5.74) is 2.12. The number of benzene rings is 1. The summed E-state index contributed by atoms with van der Waals surface area (Å²) in [6.07, 6.45) is 1.59. The van der Waals surface area contributed by atoms with E-state index in [9.17, 15) is 18.0 Å². The van der Waals surface area contributed by atoms with Crippen molar-refractivity contribution < 1.29 is 27.2 Å². The molecule has 1 N–H and O–H groups in total. The van der Waals surface area contributed by atoms with Crippen LogP contribution >= 0.6 is 0 Å². The highest BCUT2D eigenvalue weighted by molar-refractivity contribution is 7.89. The molecule has 0 bridgehead atoms. The first-order chi connectivity index (χ1) is 14.2. The number of ketones is 1. The van der Waals surface area contributed by atoms with E-state index in [2.05, 4.69) is 4.72 Å². The van der Waals surface area contributed by atoms with Crippen LogP contribution in [0.1, 0.15) is 37.9 Å². The maximum atomic E-state index is 12.6. The first kappa shape index (κ1) is 21.5. The second-order valence-electron chi connectivity index (χ2n) is 6.69. The normalized spacial score (nSPS) is 11.4. The molecule has 0 saturated heterocycles. The van der Waals surface area contributed by atoms with Gasteiger partial charge in [-0.3, -0.25) is 4.79 Å². The van der Waals surface area contributed by atoms with Crippen LogP contribution in [-0.2, 0) is 21.3 Å². The van der Waals surface area contributed by atoms with Crippen LogP contribution in [-0.4, -0.2) is 38.4 Å². The van der Waals surface area contributed by atoms with Crippen molar-refractivity contribution in [1.29, 1.82) is 0 Å². The molecule has 2 heterocycles. The van der Waals surface area contributed by atoms with Crippen molar-refractivity contribution in [3.05, 3.63) is 77.0 Å². The van der Waals surface area contributed by atoms with Crippen LogP contribution in [0.4, 0.5) is 0 Å². The molecule has 2 aromatic heterocycles. The Morgan fingerprint density at radius 2 is 1.90 bits per heavy atom. The van der Waals surface area contributed by atoms with E-state index < -0.39 is 22.6 Å². The molecule has 1 aromatic carbocycles. The number of carbonyl (C=O) groups is 2. The molecule has 8 nitrogen and oxygen atoms in total. The molecule has 9 heteroatoms. The van der Waals surface area contributed by atoms with Crippen LogP contribution in [0, 0.1) is 13.8 Å². The maximum absolute atomic E-state index is 12.6. The van der Waals surface area contributed by atoms with Gasteiger partial charge in [-0.15, -0.1) is 0 Å². The van der Waals surface area contributed by atoms with Gasteiger partial charge in [-0.2, -0.15) is 0 Å². The van der Waals surface area contributed by atoms with Gasteiger partial charge in [0, 0.05) is 17.0 Å². The Morgan fingerprint density at radius 3 is 2.57 bits per heavy atom. The maximum Gasteiger partial charge on any atom is 0.338 e. The van der Waals surface area contributed by atoms with Crippen LogP contribution in [0.5, 0.6) is 0 Å².